The number of carbonyl (C=O) groups is 1. The van der Waals surface area contributed by atoms with Crippen LogP contribution in [0.5, 0.6) is 0 Å². The van der Waals surface area contributed by atoms with Crippen LogP contribution in [0.15, 0.2) is 53.5 Å². The first-order valence-corrected chi connectivity index (χ1v) is 8.52. The van der Waals surface area contributed by atoms with Crippen LogP contribution in [-0.2, 0) is 11.2 Å². The molecule has 2 aromatic rings. The van der Waals surface area contributed by atoms with Gasteiger partial charge in [0.05, 0.1) is 5.69 Å². The number of amides is 1. The van der Waals surface area contributed by atoms with E-state index in [0.29, 0.717) is 18.8 Å². The fraction of sp³-hybridized carbons (Fsp3) is 0.300. The average Bonchev–Trinajstić information content (AvgIpc) is 2.68. The van der Waals surface area contributed by atoms with Gasteiger partial charge in [0.15, 0.2) is 0 Å². The third-order valence-electron chi connectivity index (χ3n) is 4.57. The van der Waals surface area contributed by atoms with Crippen LogP contribution in [-0.4, -0.2) is 43.1 Å². The molecule has 0 spiro atoms. The van der Waals surface area contributed by atoms with Gasteiger partial charge in [-0.2, -0.15) is 4.99 Å². The molecule has 0 radical (unpaired) electrons. The summed E-state index contributed by atoms with van der Waals surface area (Å²) in [7, 11) is 0. The number of hydrogen-bond donors (Lipinski definition) is 0. The average molecular weight is 335 g/mol. The Morgan fingerprint density at radius 3 is 2.20 bits per heavy atom. The van der Waals surface area contributed by atoms with Crippen molar-refractivity contribution in [3.8, 4) is 0 Å². The highest BCUT2D eigenvalue weighted by molar-refractivity contribution is 5.94. The van der Waals surface area contributed by atoms with E-state index in [-0.39, 0.29) is 5.91 Å². The van der Waals surface area contributed by atoms with Gasteiger partial charge in [-0.15, -0.1) is 0 Å². The smallest absolute Gasteiger partial charge is 0.253 e. The molecule has 1 amide bonds. The molecule has 1 fully saturated rings. The van der Waals surface area contributed by atoms with Crippen molar-refractivity contribution in [2.75, 3.05) is 31.1 Å². The number of piperazine rings is 1. The molecule has 0 atom stereocenters. The summed E-state index contributed by atoms with van der Waals surface area (Å²) in [6.07, 6.45) is 2.52. The van der Waals surface area contributed by atoms with E-state index in [2.05, 4.69) is 16.8 Å². The molecule has 0 unspecified atom stereocenters. The SMILES string of the molecule is CCc1ccc(C(=O)N2CCN(c3ccc(N=C=O)cc3)CC2)cc1. The van der Waals surface area contributed by atoms with Gasteiger partial charge >= 0.3 is 0 Å². The van der Waals surface area contributed by atoms with Crippen molar-refractivity contribution in [3.05, 3.63) is 59.7 Å². The number of carbonyl (C=O) groups excluding carboxylic acids is 2. The van der Waals surface area contributed by atoms with Crippen LogP contribution >= 0.6 is 0 Å². The standard InChI is InChI=1S/C20H21N3O2/c1-2-16-3-5-17(6-4-16)20(25)23-13-11-22(12-14-23)19-9-7-18(8-10-19)21-15-24/h3-10H,2,11-14H2,1H3. The van der Waals surface area contributed by atoms with Crippen molar-refractivity contribution in [1.29, 1.82) is 0 Å². The molecule has 5 nitrogen and oxygen atoms in total. The predicted octanol–water partition coefficient (Wildman–Crippen LogP) is 3.18. The summed E-state index contributed by atoms with van der Waals surface area (Å²) in [4.78, 5) is 30.6. The first-order chi connectivity index (χ1) is 12.2. The van der Waals surface area contributed by atoms with E-state index in [1.807, 2.05) is 41.3 Å². The summed E-state index contributed by atoms with van der Waals surface area (Å²) >= 11 is 0. The third kappa shape index (κ3) is 3.95. The fourth-order valence-electron chi connectivity index (χ4n) is 3.02. The summed E-state index contributed by atoms with van der Waals surface area (Å²) in [5.74, 6) is 0.0953. The van der Waals surface area contributed by atoms with E-state index in [0.717, 1.165) is 30.8 Å². The Balaban J connectivity index is 1.60. The van der Waals surface area contributed by atoms with E-state index >= 15 is 0 Å². The number of nitrogens with zero attached hydrogens (tertiary/aromatic N) is 3. The highest BCUT2D eigenvalue weighted by atomic mass is 16.2. The normalized spacial score (nSPS) is 14.1. The van der Waals surface area contributed by atoms with Crippen LogP contribution in [0, 0.1) is 0 Å². The van der Waals surface area contributed by atoms with Crippen LogP contribution in [0.25, 0.3) is 0 Å². The Kier molecular flexibility index (Phi) is 5.26. The molecule has 0 aromatic heterocycles. The Bertz CT molecular complexity index is 770. The lowest BCUT2D eigenvalue weighted by atomic mass is 10.1. The molecule has 5 heteroatoms. The van der Waals surface area contributed by atoms with E-state index < -0.39 is 0 Å². The van der Waals surface area contributed by atoms with E-state index in [9.17, 15) is 9.59 Å². The zero-order valence-corrected chi connectivity index (χ0v) is 14.3. The Labute approximate surface area is 147 Å². The first kappa shape index (κ1) is 16.9. The topological polar surface area (TPSA) is 53.0 Å². The molecule has 1 heterocycles. The molecule has 1 aliphatic heterocycles. The van der Waals surface area contributed by atoms with E-state index in [1.54, 1.807) is 18.2 Å². The van der Waals surface area contributed by atoms with Gasteiger partial charge in [0.25, 0.3) is 5.91 Å². The van der Waals surface area contributed by atoms with Gasteiger partial charge in [0.2, 0.25) is 6.08 Å². The van der Waals surface area contributed by atoms with E-state index in [4.69, 9.17) is 0 Å². The first-order valence-electron chi connectivity index (χ1n) is 8.52. The van der Waals surface area contributed by atoms with Crippen molar-refractivity contribution in [2.45, 2.75) is 13.3 Å². The number of rotatable bonds is 4. The molecule has 0 aliphatic carbocycles. The molecule has 2 aromatic carbocycles. The Morgan fingerprint density at radius 1 is 1.00 bits per heavy atom. The predicted molar refractivity (Wildman–Crippen MR) is 98.2 cm³/mol. The molecule has 128 valence electrons. The highest BCUT2D eigenvalue weighted by Gasteiger charge is 2.22. The van der Waals surface area contributed by atoms with Crippen molar-refractivity contribution in [1.82, 2.24) is 4.90 Å². The fourth-order valence-corrected chi connectivity index (χ4v) is 3.02. The highest BCUT2D eigenvalue weighted by Crippen LogP contribution is 2.21. The molecular weight excluding hydrogens is 314 g/mol. The maximum atomic E-state index is 12.6. The number of aryl methyl sites for hydroxylation is 1. The quantitative estimate of drug-likeness (QED) is 0.637. The van der Waals surface area contributed by atoms with Crippen LogP contribution < -0.4 is 4.90 Å². The maximum Gasteiger partial charge on any atom is 0.253 e. The summed E-state index contributed by atoms with van der Waals surface area (Å²) in [5.41, 5.74) is 3.66. The number of anilines is 1. The number of isocyanates is 1. The van der Waals surface area contributed by atoms with Crippen LogP contribution in [0.2, 0.25) is 0 Å². The molecule has 1 aliphatic rings. The number of benzene rings is 2. The molecular formula is C20H21N3O2. The summed E-state index contributed by atoms with van der Waals surface area (Å²) < 4.78 is 0. The van der Waals surface area contributed by atoms with Crippen molar-refractivity contribution in [2.24, 2.45) is 4.99 Å². The van der Waals surface area contributed by atoms with Gasteiger partial charge in [-0.05, 0) is 48.4 Å². The molecule has 0 saturated carbocycles. The largest absolute Gasteiger partial charge is 0.368 e. The van der Waals surface area contributed by atoms with Crippen LogP contribution in [0.3, 0.4) is 0 Å². The van der Waals surface area contributed by atoms with Crippen molar-refractivity contribution < 1.29 is 9.59 Å². The summed E-state index contributed by atoms with van der Waals surface area (Å²) in [6.45, 7) is 5.07. The zero-order valence-electron chi connectivity index (χ0n) is 14.3. The lowest BCUT2D eigenvalue weighted by Crippen LogP contribution is -2.48. The second kappa shape index (κ2) is 7.77. The molecule has 0 N–H and O–H groups in total. The third-order valence-corrected chi connectivity index (χ3v) is 4.57. The van der Waals surface area contributed by atoms with Gasteiger partial charge in [-0.1, -0.05) is 19.1 Å². The lowest BCUT2D eigenvalue weighted by molar-refractivity contribution is 0.0747. The van der Waals surface area contributed by atoms with Gasteiger partial charge in [0, 0.05) is 37.4 Å². The molecule has 1 saturated heterocycles. The molecule has 3 rings (SSSR count). The summed E-state index contributed by atoms with van der Waals surface area (Å²) in [5, 5.41) is 0. The molecule has 25 heavy (non-hydrogen) atoms. The van der Waals surface area contributed by atoms with E-state index in [1.165, 1.54) is 5.56 Å². The van der Waals surface area contributed by atoms with Crippen LogP contribution in [0.4, 0.5) is 11.4 Å². The van der Waals surface area contributed by atoms with Crippen molar-refractivity contribution >= 4 is 23.4 Å². The number of hydrogen-bond acceptors (Lipinski definition) is 4. The minimum absolute atomic E-state index is 0.0953. The van der Waals surface area contributed by atoms with Gasteiger partial charge in [0.1, 0.15) is 0 Å². The minimum atomic E-state index is 0.0953. The Morgan fingerprint density at radius 2 is 1.64 bits per heavy atom. The Hall–Kier alpha value is -2.91. The van der Waals surface area contributed by atoms with Crippen molar-refractivity contribution in [3.63, 3.8) is 0 Å². The molecule has 0 bridgehead atoms. The zero-order chi connectivity index (χ0) is 17.6. The number of aliphatic imine (C=N–C) groups is 1. The lowest BCUT2D eigenvalue weighted by Gasteiger charge is -2.36. The summed E-state index contributed by atoms with van der Waals surface area (Å²) in [6, 6.07) is 15.4. The van der Waals surface area contributed by atoms with Crippen LogP contribution in [0.1, 0.15) is 22.8 Å². The van der Waals surface area contributed by atoms with Gasteiger partial charge in [-0.25, -0.2) is 4.79 Å². The second-order valence-corrected chi connectivity index (χ2v) is 6.05. The minimum Gasteiger partial charge on any atom is -0.368 e. The second-order valence-electron chi connectivity index (χ2n) is 6.05. The van der Waals surface area contributed by atoms with Gasteiger partial charge < -0.3 is 9.80 Å². The monoisotopic (exact) mass is 335 g/mol. The maximum absolute atomic E-state index is 12.6. The van der Waals surface area contributed by atoms with Gasteiger partial charge in [-0.3, -0.25) is 4.79 Å².